The molecule has 1 aliphatic rings. The van der Waals surface area contributed by atoms with Crippen LogP contribution in [0.2, 0.25) is 0 Å². The molecule has 0 spiro atoms. The minimum Gasteiger partial charge on any atom is -0.298 e. The minimum atomic E-state index is -1.20. The van der Waals surface area contributed by atoms with Crippen molar-refractivity contribution in [1.82, 2.24) is 0 Å². The maximum atomic E-state index is 13.1. The number of hydrogen-bond acceptors (Lipinski definition) is 3. The second-order valence-electron chi connectivity index (χ2n) is 8.32. The molecule has 0 radical (unpaired) electrons. The molecule has 0 N–H and O–H groups in total. The Kier molecular flexibility index (Phi) is 4.41. The largest absolute Gasteiger partial charge is 0.298 e. The third-order valence-corrected chi connectivity index (χ3v) is 5.65. The van der Waals surface area contributed by atoms with Gasteiger partial charge in [-0.1, -0.05) is 30.3 Å². The van der Waals surface area contributed by atoms with Crippen molar-refractivity contribution in [3.05, 3.63) is 59.4 Å². The van der Waals surface area contributed by atoms with Gasteiger partial charge in [-0.25, -0.2) is 4.39 Å². The monoisotopic (exact) mass is 366 g/mol. The highest BCUT2D eigenvalue weighted by atomic mass is 19.1. The van der Waals surface area contributed by atoms with Crippen LogP contribution in [0.1, 0.15) is 44.7 Å². The molecule has 2 aromatic carbocycles. The fourth-order valence-electron chi connectivity index (χ4n) is 3.95. The van der Waals surface area contributed by atoms with Crippen molar-refractivity contribution in [3.63, 3.8) is 0 Å². The van der Waals surface area contributed by atoms with Gasteiger partial charge in [0.25, 0.3) is 0 Å². The van der Waals surface area contributed by atoms with Crippen molar-refractivity contribution in [2.75, 3.05) is 0 Å². The van der Waals surface area contributed by atoms with E-state index >= 15 is 0 Å². The van der Waals surface area contributed by atoms with Crippen LogP contribution >= 0.6 is 0 Å². The Hall–Kier alpha value is -2.62. The molecule has 1 fully saturated rings. The molecule has 140 valence electrons. The smallest absolute Gasteiger partial charge is 0.160 e. The van der Waals surface area contributed by atoms with Crippen LogP contribution in [0.5, 0.6) is 0 Å². The fraction of sp³-hybridized carbons (Fsp3) is 0.348. The molecule has 2 aromatic rings. The number of rotatable bonds is 2. The molecule has 27 heavy (non-hydrogen) atoms. The third-order valence-electron chi connectivity index (χ3n) is 5.65. The number of carbonyl (C=O) groups excluding carboxylic acids is 3. The summed E-state index contributed by atoms with van der Waals surface area (Å²) < 4.78 is 13.1. The van der Waals surface area contributed by atoms with Crippen molar-refractivity contribution in [3.8, 4) is 11.1 Å². The van der Waals surface area contributed by atoms with E-state index in [1.54, 1.807) is 45.9 Å². The second kappa shape index (κ2) is 6.22. The van der Waals surface area contributed by atoms with Crippen LogP contribution in [-0.4, -0.2) is 17.3 Å². The molecule has 0 aromatic heterocycles. The first-order valence-electron chi connectivity index (χ1n) is 8.98. The Morgan fingerprint density at radius 3 is 1.74 bits per heavy atom. The lowest BCUT2D eigenvalue weighted by Gasteiger charge is -2.41. The molecule has 0 bridgehead atoms. The molecular formula is C23H23FO3. The van der Waals surface area contributed by atoms with Gasteiger partial charge in [-0.3, -0.25) is 14.4 Å². The number of Topliss-reactive ketones (excluding diaryl/α,β-unsaturated/α-hetero) is 3. The first-order chi connectivity index (χ1) is 12.5. The SMILES string of the molecule is Cc1cc(-c2ccc(F)cc2)ccc1C1C(=O)C(C)(C)C(=O)C(C)(C)C1=O. The summed E-state index contributed by atoms with van der Waals surface area (Å²) in [6.45, 7) is 8.24. The number of halogens is 1. The molecule has 4 heteroatoms. The summed E-state index contributed by atoms with van der Waals surface area (Å²) in [5, 5.41) is 0. The van der Waals surface area contributed by atoms with Crippen LogP contribution in [0.4, 0.5) is 4.39 Å². The van der Waals surface area contributed by atoms with Crippen LogP contribution in [0.15, 0.2) is 42.5 Å². The van der Waals surface area contributed by atoms with Crippen molar-refractivity contribution in [1.29, 1.82) is 0 Å². The molecular weight excluding hydrogens is 343 g/mol. The molecule has 1 saturated carbocycles. The van der Waals surface area contributed by atoms with Crippen molar-refractivity contribution < 1.29 is 18.8 Å². The van der Waals surface area contributed by atoms with Crippen LogP contribution < -0.4 is 0 Å². The number of benzene rings is 2. The quantitative estimate of drug-likeness (QED) is 0.727. The summed E-state index contributed by atoms with van der Waals surface area (Å²) in [7, 11) is 0. The van der Waals surface area contributed by atoms with E-state index in [1.165, 1.54) is 12.1 Å². The molecule has 1 aliphatic carbocycles. The van der Waals surface area contributed by atoms with Gasteiger partial charge < -0.3 is 0 Å². The Balaban J connectivity index is 2.07. The standard InChI is InChI=1S/C23H23FO3/c1-13-12-15(14-6-9-16(24)10-7-14)8-11-17(13)18-19(25)22(2,3)21(27)23(4,5)20(18)26/h6-12,18H,1-5H3. The highest BCUT2D eigenvalue weighted by Crippen LogP contribution is 2.45. The second-order valence-corrected chi connectivity index (χ2v) is 8.32. The van der Waals surface area contributed by atoms with Crippen LogP contribution in [0.25, 0.3) is 11.1 Å². The van der Waals surface area contributed by atoms with Crippen LogP contribution in [0.3, 0.4) is 0 Å². The summed E-state index contributed by atoms with van der Waals surface area (Å²) in [5.41, 5.74) is 0.743. The lowest BCUT2D eigenvalue weighted by Crippen LogP contribution is -2.56. The van der Waals surface area contributed by atoms with Gasteiger partial charge in [-0.05, 0) is 69.0 Å². The first-order valence-corrected chi connectivity index (χ1v) is 8.98. The van der Waals surface area contributed by atoms with E-state index in [9.17, 15) is 18.8 Å². The lowest BCUT2D eigenvalue weighted by molar-refractivity contribution is -0.157. The lowest BCUT2D eigenvalue weighted by atomic mass is 9.57. The highest BCUT2D eigenvalue weighted by molar-refractivity contribution is 6.30. The van der Waals surface area contributed by atoms with Gasteiger partial charge >= 0.3 is 0 Å². The number of ketones is 3. The predicted octanol–water partition coefficient (Wildman–Crippen LogP) is 4.66. The van der Waals surface area contributed by atoms with E-state index in [4.69, 9.17) is 0 Å². The zero-order chi connectivity index (χ0) is 20.1. The zero-order valence-corrected chi connectivity index (χ0v) is 16.2. The molecule has 0 atom stereocenters. The first kappa shape index (κ1) is 19.2. The molecule has 0 saturated heterocycles. The summed E-state index contributed by atoms with van der Waals surface area (Å²) in [6, 6.07) is 11.6. The summed E-state index contributed by atoms with van der Waals surface area (Å²) in [6.07, 6.45) is 0. The predicted molar refractivity (Wildman–Crippen MR) is 102 cm³/mol. The van der Waals surface area contributed by atoms with Gasteiger partial charge in [0, 0.05) is 0 Å². The van der Waals surface area contributed by atoms with Crippen molar-refractivity contribution >= 4 is 17.3 Å². The fourth-order valence-corrected chi connectivity index (χ4v) is 3.95. The Bertz CT molecular complexity index is 922. The van der Waals surface area contributed by atoms with Gasteiger partial charge in [-0.2, -0.15) is 0 Å². The minimum absolute atomic E-state index is 0.306. The van der Waals surface area contributed by atoms with E-state index in [0.717, 1.165) is 16.7 Å². The van der Waals surface area contributed by atoms with E-state index < -0.39 is 16.7 Å². The summed E-state index contributed by atoms with van der Waals surface area (Å²) in [5.74, 6) is -2.29. The van der Waals surface area contributed by atoms with E-state index in [2.05, 4.69) is 0 Å². The van der Waals surface area contributed by atoms with Crippen molar-refractivity contribution in [2.45, 2.75) is 40.5 Å². The van der Waals surface area contributed by atoms with E-state index in [0.29, 0.717) is 5.56 Å². The Labute approximate surface area is 158 Å². The topological polar surface area (TPSA) is 51.2 Å². The average Bonchev–Trinajstić information content (AvgIpc) is 2.61. The molecule has 3 rings (SSSR count). The number of hydrogen-bond donors (Lipinski definition) is 0. The van der Waals surface area contributed by atoms with Gasteiger partial charge in [-0.15, -0.1) is 0 Å². The van der Waals surface area contributed by atoms with E-state index in [-0.39, 0.29) is 23.2 Å². The third kappa shape index (κ3) is 2.93. The van der Waals surface area contributed by atoms with Crippen LogP contribution in [0, 0.1) is 23.6 Å². The van der Waals surface area contributed by atoms with Crippen LogP contribution in [-0.2, 0) is 14.4 Å². The van der Waals surface area contributed by atoms with Gasteiger partial charge in [0.05, 0.1) is 10.8 Å². The molecule has 3 nitrogen and oxygen atoms in total. The molecule has 0 heterocycles. The van der Waals surface area contributed by atoms with Gasteiger partial charge in [0.15, 0.2) is 17.3 Å². The number of aryl methyl sites for hydroxylation is 1. The summed E-state index contributed by atoms with van der Waals surface area (Å²) in [4.78, 5) is 38.7. The molecule has 0 aliphatic heterocycles. The maximum absolute atomic E-state index is 13.1. The zero-order valence-electron chi connectivity index (χ0n) is 16.2. The molecule has 0 amide bonds. The Morgan fingerprint density at radius 2 is 1.26 bits per heavy atom. The highest BCUT2D eigenvalue weighted by Gasteiger charge is 2.58. The molecule has 0 unspecified atom stereocenters. The maximum Gasteiger partial charge on any atom is 0.160 e. The van der Waals surface area contributed by atoms with Gasteiger partial charge in [0.2, 0.25) is 0 Å². The van der Waals surface area contributed by atoms with Crippen molar-refractivity contribution in [2.24, 2.45) is 10.8 Å². The summed E-state index contributed by atoms with van der Waals surface area (Å²) >= 11 is 0. The van der Waals surface area contributed by atoms with Gasteiger partial charge in [0.1, 0.15) is 11.7 Å². The number of carbonyl (C=O) groups is 3. The van der Waals surface area contributed by atoms with E-state index in [1.807, 2.05) is 19.1 Å². The normalized spacial score (nSPS) is 19.4. The average molecular weight is 366 g/mol. The Morgan fingerprint density at radius 1 is 0.778 bits per heavy atom.